The largest absolute Gasteiger partial charge is 0.497 e. The van der Waals surface area contributed by atoms with Crippen LogP contribution in [0.2, 0.25) is 5.02 Å². The van der Waals surface area contributed by atoms with E-state index in [0.717, 1.165) is 5.56 Å². The third kappa shape index (κ3) is 5.14. The fourth-order valence-electron chi connectivity index (χ4n) is 4.17. The second-order valence-corrected chi connectivity index (χ2v) is 9.45. The van der Waals surface area contributed by atoms with Gasteiger partial charge in [-0.05, 0) is 62.7 Å². The summed E-state index contributed by atoms with van der Waals surface area (Å²) in [5, 5.41) is 0.447. The third-order valence-electron chi connectivity index (χ3n) is 5.80. The van der Waals surface area contributed by atoms with E-state index >= 15 is 0 Å². The summed E-state index contributed by atoms with van der Waals surface area (Å²) in [6.45, 7) is 6.01. The van der Waals surface area contributed by atoms with Gasteiger partial charge in [0, 0.05) is 5.56 Å². The zero-order chi connectivity index (χ0) is 26.7. The van der Waals surface area contributed by atoms with Gasteiger partial charge >= 0.3 is 5.97 Å². The van der Waals surface area contributed by atoms with Crippen LogP contribution in [0.1, 0.15) is 37.9 Å². The van der Waals surface area contributed by atoms with Crippen LogP contribution in [0.5, 0.6) is 17.2 Å². The highest BCUT2D eigenvalue weighted by atomic mass is 35.5. The van der Waals surface area contributed by atoms with Crippen molar-refractivity contribution in [1.29, 1.82) is 0 Å². The molecule has 0 amide bonds. The van der Waals surface area contributed by atoms with Gasteiger partial charge in [-0.1, -0.05) is 29.0 Å². The number of hydrogen-bond acceptors (Lipinski definition) is 8. The fourth-order valence-corrected chi connectivity index (χ4v) is 5.46. The predicted molar refractivity (Wildman–Crippen MR) is 143 cm³/mol. The number of benzene rings is 2. The van der Waals surface area contributed by atoms with E-state index in [-0.39, 0.29) is 17.7 Å². The monoisotopic (exact) mass is 542 g/mol. The number of carbonyl (C=O) groups excluding carboxylic acids is 1. The molecule has 0 aliphatic carbocycles. The number of thiazole rings is 1. The van der Waals surface area contributed by atoms with Gasteiger partial charge in [-0.25, -0.2) is 9.79 Å². The van der Waals surface area contributed by atoms with E-state index in [0.29, 0.717) is 49.5 Å². The molecule has 3 aromatic rings. The summed E-state index contributed by atoms with van der Waals surface area (Å²) in [6.07, 6.45) is 1.74. The molecule has 1 aliphatic rings. The minimum absolute atomic E-state index is 0.181. The van der Waals surface area contributed by atoms with Gasteiger partial charge in [0.2, 0.25) is 0 Å². The molecule has 0 fully saturated rings. The molecule has 4 rings (SSSR count). The molecular weight excluding hydrogens is 516 g/mol. The SMILES string of the molecule is CCOC(=O)C1=C(C)N=c2s/c(=C/c3ccc(OCC)c(Cl)c3)c(=O)n2[C@H]1c1cc(OC)ccc1OC. The number of carbonyl (C=O) groups is 1. The third-order valence-corrected chi connectivity index (χ3v) is 7.08. The van der Waals surface area contributed by atoms with Gasteiger partial charge in [0.25, 0.3) is 5.56 Å². The first-order valence-electron chi connectivity index (χ1n) is 11.7. The lowest BCUT2D eigenvalue weighted by atomic mass is 9.94. The topological polar surface area (TPSA) is 88.4 Å². The zero-order valence-electron chi connectivity index (χ0n) is 21.2. The minimum atomic E-state index is -0.827. The van der Waals surface area contributed by atoms with Crippen molar-refractivity contribution in [3.05, 3.63) is 83.5 Å². The lowest BCUT2D eigenvalue weighted by Gasteiger charge is -2.26. The minimum Gasteiger partial charge on any atom is -0.497 e. The highest BCUT2D eigenvalue weighted by molar-refractivity contribution is 7.07. The van der Waals surface area contributed by atoms with Crippen LogP contribution in [0.15, 0.2) is 57.5 Å². The number of allylic oxidation sites excluding steroid dienone is 1. The average molecular weight is 543 g/mol. The maximum absolute atomic E-state index is 13.8. The van der Waals surface area contributed by atoms with Crippen LogP contribution in [0.3, 0.4) is 0 Å². The fraction of sp³-hybridized carbons (Fsp3) is 0.296. The molecule has 2 aromatic carbocycles. The molecule has 37 heavy (non-hydrogen) atoms. The molecule has 0 saturated carbocycles. The summed E-state index contributed by atoms with van der Waals surface area (Å²) in [4.78, 5) is 32.0. The molecular formula is C27H27ClN2O6S. The molecule has 8 nitrogen and oxygen atoms in total. The number of methoxy groups -OCH3 is 2. The van der Waals surface area contributed by atoms with Gasteiger partial charge in [-0.2, -0.15) is 0 Å². The number of nitrogens with zero attached hydrogens (tertiary/aromatic N) is 2. The van der Waals surface area contributed by atoms with Crippen LogP contribution in [0, 0.1) is 0 Å². The van der Waals surface area contributed by atoms with Crippen molar-refractivity contribution in [2.75, 3.05) is 27.4 Å². The number of aromatic nitrogens is 1. The Morgan fingerprint density at radius 1 is 1.11 bits per heavy atom. The lowest BCUT2D eigenvalue weighted by molar-refractivity contribution is -0.139. The van der Waals surface area contributed by atoms with Crippen molar-refractivity contribution < 1.29 is 23.7 Å². The van der Waals surface area contributed by atoms with Crippen molar-refractivity contribution in [2.45, 2.75) is 26.8 Å². The Hall–Kier alpha value is -3.56. The Morgan fingerprint density at radius 2 is 1.86 bits per heavy atom. The van der Waals surface area contributed by atoms with Gasteiger partial charge in [0.15, 0.2) is 4.80 Å². The van der Waals surface area contributed by atoms with Crippen molar-refractivity contribution in [2.24, 2.45) is 4.99 Å². The highest BCUT2D eigenvalue weighted by Gasteiger charge is 2.35. The number of rotatable bonds is 8. The van der Waals surface area contributed by atoms with E-state index < -0.39 is 12.0 Å². The van der Waals surface area contributed by atoms with E-state index in [1.165, 1.54) is 23.0 Å². The number of hydrogen-bond donors (Lipinski definition) is 0. The van der Waals surface area contributed by atoms with Crippen molar-refractivity contribution in [3.8, 4) is 17.2 Å². The predicted octanol–water partition coefficient (Wildman–Crippen LogP) is 3.87. The van der Waals surface area contributed by atoms with E-state index in [4.69, 9.17) is 30.5 Å². The number of esters is 1. The van der Waals surface area contributed by atoms with Crippen LogP contribution in [-0.2, 0) is 9.53 Å². The summed E-state index contributed by atoms with van der Waals surface area (Å²) < 4.78 is 23.8. The summed E-state index contributed by atoms with van der Waals surface area (Å²) in [5.74, 6) is 1.07. The summed E-state index contributed by atoms with van der Waals surface area (Å²) in [6, 6.07) is 9.75. The molecule has 1 aromatic heterocycles. The normalized spacial score (nSPS) is 15.2. The molecule has 1 atom stereocenters. The second-order valence-electron chi connectivity index (χ2n) is 8.03. The number of ether oxygens (including phenoxy) is 4. The highest BCUT2D eigenvalue weighted by Crippen LogP contribution is 2.37. The van der Waals surface area contributed by atoms with E-state index in [1.54, 1.807) is 57.4 Å². The van der Waals surface area contributed by atoms with Gasteiger partial charge < -0.3 is 18.9 Å². The standard InChI is InChI=1S/C27H27ClN2O6S/c1-6-35-21-10-8-16(12-19(21)28)13-22-25(31)30-24(18-14-17(33-4)9-11-20(18)34-5)23(26(32)36-7-2)15(3)29-27(30)37-22/h8-14,24H,6-7H2,1-5H3/b22-13+/t24-/m0/s1. The summed E-state index contributed by atoms with van der Waals surface area (Å²) >= 11 is 7.58. The van der Waals surface area contributed by atoms with Crippen LogP contribution < -0.4 is 29.1 Å². The molecule has 0 bridgehead atoms. The number of fused-ring (bicyclic) bond motifs is 1. The maximum atomic E-state index is 13.8. The first-order valence-corrected chi connectivity index (χ1v) is 12.9. The quantitative estimate of drug-likeness (QED) is 0.402. The smallest absolute Gasteiger partial charge is 0.338 e. The molecule has 0 saturated heterocycles. The summed E-state index contributed by atoms with van der Waals surface area (Å²) in [5.41, 5.74) is 1.73. The van der Waals surface area contributed by atoms with Crippen LogP contribution in [0.25, 0.3) is 6.08 Å². The van der Waals surface area contributed by atoms with Crippen LogP contribution >= 0.6 is 22.9 Å². The molecule has 2 heterocycles. The van der Waals surface area contributed by atoms with Gasteiger partial charge in [-0.15, -0.1) is 0 Å². The van der Waals surface area contributed by atoms with E-state index in [9.17, 15) is 9.59 Å². The van der Waals surface area contributed by atoms with Gasteiger partial charge in [0.05, 0.1) is 48.3 Å². The molecule has 0 N–H and O–H groups in total. The Bertz CT molecular complexity index is 1560. The maximum Gasteiger partial charge on any atom is 0.338 e. The molecule has 0 spiro atoms. The van der Waals surface area contributed by atoms with E-state index in [2.05, 4.69) is 4.99 Å². The lowest BCUT2D eigenvalue weighted by Crippen LogP contribution is -2.40. The van der Waals surface area contributed by atoms with Gasteiger partial charge in [0.1, 0.15) is 23.3 Å². The van der Waals surface area contributed by atoms with Crippen LogP contribution in [-0.4, -0.2) is 38.0 Å². The molecule has 194 valence electrons. The van der Waals surface area contributed by atoms with Crippen molar-refractivity contribution >= 4 is 35.0 Å². The Morgan fingerprint density at radius 3 is 2.51 bits per heavy atom. The summed E-state index contributed by atoms with van der Waals surface area (Å²) in [7, 11) is 3.08. The zero-order valence-corrected chi connectivity index (χ0v) is 22.7. The second kappa shape index (κ2) is 11.2. The van der Waals surface area contributed by atoms with Crippen LogP contribution in [0.4, 0.5) is 0 Å². The van der Waals surface area contributed by atoms with Crippen molar-refractivity contribution in [1.82, 2.24) is 4.57 Å². The molecule has 0 radical (unpaired) electrons. The number of halogens is 1. The Labute approximate surface area is 223 Å². The first kappa shape index (κ1) is 26.5. The Balaban J connectivity index is 1.96. The Kier molecular flexibility index (Phi) is 8.04. The molecule has 10 heteroatoms. The average Bonchev–Trinajstić information content (AvgIpc) is 3.18. The van der Waals surface area contributed by atoms with E-state index in [1.807, 2.05) is 13.0 Å². The van der Waals surface area contributed by atoms with Crippen molar-refractivity contribution in [3.63, 3.8) is 0 Å². The first-order chi connectivity index (χ1) is 17.8. The molecule has 1 aliphatic heterocycles. The van der Waals surface area contributed by atoms with Gasteiger partial charge in [-0.3, -0.25) is 9.36 Å². The molecule has 0 unspecified atom stereocenters.